The zero-order chi connectivity index (χ0) is 30.0. The van der Waals surface area contributed by atoms with E-state index >= 15 is 0 Å². The summed E-state index contributed by atoms with van der Waals surface area (Å²) in [5.74, 6) is 0.0244. The molecule has 0 aliphatic heterocycles. The molecule has 0 unspecified atom stereocenters. The first-order valence-corrected chi connectivity index (χ1v) is 13.9. The van der Waals surface area contributed by atoms with Gasteiger partial charge < -0.3 is 14.4 Å². The molecule has 0 aromatic heterocycles. The normalized spacial score (nSPS) is 10.5. The van der Waals surface area contributed by atoms with Gasteiger partial charge in [-0.15, -0.1) is 0 Å². The van der Waals surface area contributed by atoms with Gasteiger partial charge in [0.1, 0.15) is 11.5 Å². The monoisotopic (exact) mass is 565 g/mol. The molecule has 0 heterocycles. The van der Waals surface area contributed by atoms with Crippen LogP contribution in [0.5, 0.6) is 11.5 Å². The molecule has 0 amide bonds. The molecule has 5 rings (SSSR count). The third-order valence-corrected chi connectivity index (χ3v) is 7.00. The molecule has 0 N–H and O–H groups in total. The van der Waals surface area contributed by atoms with Crippen LogP contribution in [0.1, 0.15) is 22.6 Å². The zero-order valence-corrected chi connectivity index (χ0v) is 23.6. The Morgan fingerprint density at radius 1 is 0.558 bits per heavy atom. The topological polar surface area (TPSA) is 55.8 Å². The Labute approximate surface area is 252 Å². The number of anilines is 3. The maximum atomic E-state index is 11.7. The number of benzene rings is 5. The lowest BCUT2D eigenvalue weighted by Crippen LogP contribution is -2.11. The number of nitrogens with zero attached hydrogens (tertiary/aromatic N) is 1. The van der Waals surface area contributed by atoms with E-state index in [1.807, 2.05) is 36.4 Å². The number of rotatable bonds is 11. The van der Waals surface area contributed by atoms with Crippen LogP contribution in [0.25, 0.3) is 0 Å². The van der Waals surface area contributed by atoms with Gasteiger partial charge in [-0.1, -0.05) is 86.0 Å². The van der Waals surface area contributed by atoms with Crippen LogP contribution in [0, 0.1) is 0 Å². The van der Waals surface area contributed by atoms with Crippen LogP contribution in [0.3, 0.4) is 0 Å². The molecule has 5 aromatic carbocycles. The highest BCUT2D eigenvalue weighted by molar-refractivity contribution is 5.84. The Morgan fingerprint density at radius 2 is 0.930 bits per heavy atom. The van der Waals surface area contributed by atoms with E-state index in [1.165, 1.54) is 16.7 Å². The van der Waals surface area contributed by atoms with Crippen LogP contribution in [-0.2, 0) is 16.0 Å². The SMILES string of the molecule is C=CC(=O)Oc1ccc(N(c2ccc(CC(c3ccccc3)c3ccccc3)cc2)c2ccc(OC(=O)C=C)cc2)cc1. The largest absolute Gasteiger partial charge is 0.423 e. The lowest BCUT2D eigenvalue weighted by atomic mass is 9.86. The maximum absolute atomic E-state index is 11.7. The van der Waals surface area contributed by atoms with Crippen molar-refractivity contribution in [3.05, 3.63) is 175 Å². The quantitative estimate of drug-likeness (QED) is 0.0911. The van der Waals surface area contributed by atoms with Gasteiger partial charge in [0.2, 0.25) is 0 Å². The van der Waals surface area contributed by atoms with Gasteiger partial charge in [-0.05, 0) is 83.8 Å². The van der Waals surface area contributed by atoms with Gasteiger partial charge in [-0.25, -0.2) is 9.59 Å². The molecule has 5 heteroatoms. The average Bonchev–Trinajstić information content (AvgIpc) is 3.06. The minimum atomic E-state index is -0.519. The molecule has 0 radical (unpaired) electrons. The van der Waals surface area contributed by atoms with Gasteiger partial charge in [0.25, 0.3) is 0 Å². The summed E-state index contributed by atoms with van der Waals surface area (Å²) in [5.41, 5.74) is 6.40. The fourth-order valence-corrected chi connectivity index (χ4v) is 4.91. The molecule has 0 saturated carbocycles. The summed E-state index contributed by atoms with van der Waals surface area (Å²) < 4.78 is 10.5. The van der Waals surface area contributed by atoms with Crippen molar-refractivity contribution in [2.45, 2.75) is 12.3 Å². The Kier molecular flexibility index (Phi) is 9.25. The lowest BCUT2D eigenvalue weighted by molar-refractivity contribution is -0.129. The van der Waals surface area contributed by atoms with Crippen LogP contribution in [0.4, 0.5) is 17.1 Å². The van der Waals surface area contributed by atoms with E-state index in [1.54, 1.807) is 24.3 Å². The molecule has 43 heavy (non-hydrogen) atoms. The minimum absolute atomic E-state index is 0.223. The second kappa shape index (κ2) is 13.8. The highest BCUT2D eigenvalue weighted by Crippen LogP contribution is 2.37. The summed E-state index contributed by atoms with van der Waals surface area (Å²) in [4.78, 5) is 25.4. The second-order valence-corrected chi connectivity index (χ2v) is 9.82. The van der Waals surface area contributed by atoms with Crippen molar-refractivity contribution >= 4 is 29.0 Å². The van der Waals surface area contributed by atoms with Gasteiger partial charge in [0.05, 0.1) is 0 Å². The van der Waals surface area contributed by atoms with Crippen LogP contribution in [-0.4, -0.2) is 11.9 Å². The number of ether oxygens (including phenoxy) is 2. The first-order chi connectivity index (χ1) is 21.0. The molecule has 0 spiro atoms. The van der Waals surface area contributed by atoms with E-state index in [9.17, 15) is 9.59 Å². The number of hydrogen-bond donors (Lipinski definition) is 0. The first kappa shape index (κ1) is 28.8. The molecule has 5 nitrogen and oxygen atoms in total. The summed E-state index contributed by atoms with van der Waals surface area (Å²) >= 11 is 0. The Bertz CT molecular complexity index is 1570. The third-order valence-electron chi connectivity index (χ3n) is 7.00. The molecule has 0 aliphatic rings. The summed E-state index contributed by atoms with van der Waals surface area (Å²) in [5, 5.41) is 0. The van der Waals surface area contributed by atoms with Gasteiger partial charge in [0.15, 0.2) is 0 Å². The molecule has 212 valence electrons. The van der Waals surface area contributed by atoms with Crippen molar-refractivity contribution in [1.29, 1.82) is 0 Å². The molecular weight excluding hydrogens is 534 g/mol. The molecule has 0 fully saturated rings. The van der Waals surface area contributed by atoms with Crippen molar-refractivity contribution in [2.24, 2.45) is 0 Å². The zero-order valence-electron chi connectivity index (χ0n) is 23.6. The van der Waals surface area contributed by atoms with Gasteiger partial charge in [0, 0.05) is 35.1 Å². The highest BCUT2D eigenvalue weighted by atomic mass is 16.5. The van der Waals surface area contributed by atoms with Gasteiger partial charge in [-0.3, -0.25) is 0 Å². The fraction of sp³-hybridized carbons (Fsp3) is 0.0526. The van der Waals surface area contributed by atoms with Crippen molar-refractivity contribution in [1.82, 2.24) is 0 Å². The van der Waals surface area contributed by atoms with E-state index in [0.717, 1.165) is 35.6 Å². The number of carbonyl (C=O) groups is 2. The molecule has 5 aromatic rings. The average molecular weight is 566 g/mol. The predicted molar refractivity (Wildman–Crippen MR) is 171 cm³/mol. The summed E-state index contributed by atoms with van der Waals surface area (Å²) in [6.07, 6.45) is 3.10. The number of esters is 2. The Morgan fingerprint density at radius 3 is 1.30 bits per heavy atom. The smallest absolute Gasteiger partial charge is 0.335 e. The molecule has 0 bridgehead atoms. The van der Waals surface area contributed by atoms with Crippen LogP contribution >= 0.6 is 0 Å². The lowest BCUT2D eigenvalue weighted by Gasteiger charge is -2.26. The van der Waals surface area contributed by atoms with E-state index < -0.39 is 11.9 Å². The minimum Gasteiger partial charge on any atom is -0.423 e. The van der Waals surface area contributed by atoms with Crippen molar-refractivity contribution in [3.63, 3.8) is 0 Å². The number of hydrogen-bond acceptors (Lipinski definition) is 5. The number of carbonyl (C=O) groups excluding carboxylic acids is 2. The molecule has 0 aliphatic carbocycles. The molecular formula is C38H31NO4. The van der Waals surface area contributed by atoms with Gasteiger partial charge >= 0.3 is 11.9 Å². The van der Waals surface area contributed by atoms with Crippen LogP contribution < -0.4 is 14.4 Å². The van der Waals surface area contributed by atoms with Crippen LogP contribution in [0.2, 0.25) is 0 Å². The Hall–Kier alpha value is -5.68. The van der Waals surface area contributed by atoms with Crippen molar-refractivity contribution in [3.8, 4) is 11.5 Å². The second-order valence-electron chi connectivity index (χ2n) is 9.82. The fourth-order valence-electron chi connectivity index (χ4n) is 4.91. The summed E-state index contributed by atoms with van der Waals surface area (Å²) in [7, 11) is 0. The maximum Gasteiger partial charge on any atom is 0.335 e. The summed E-state index contributed by atoms with van der Waals surface area (Å²) in [6, 6.07) is 44.1. The van der Waals surface area contributed by atoms with E-state index in [-0.39, 0.29) is 5.92 Å². The highest BCUT2D eigenvalue weighted by Gasteiger charge is 2.17. The van der Waals surface area contributed by atoms with E-state index in [2.05, 4.69) is 90.9 Å². The van der Waals surface area contributed by atoms with Crippen molar-refractivity contribution in [2.75, 3.05) is 4.90 Å². The standard InChI is InChI=1S/C38H31NO4/c1-3-37(40)42-34-23-19-32(20-24-34)39(33-21-25-35(26-22-33)43-38(41)4-2)31-17-15-28(16-18-31)27-36(29-11-7-5-8-12-29)30-13-9-6-10-14-30/h3-26,36H,1-2,27H2. The first-order valence-electron chi connectivity index (χ1n) is 13.9. The van der Waals surface area contributed by atoms with E-state index in [4.69, 9.17) is 9.47 Å². The molecule has 0 atom stereocenters. The van der Waals surface area contributed by atoms with E-state index in [0.29, 0.717) is 11.5 Å². The third kappa shape index (κ3) is 7.34. The Balaban J connectivity index is 1.46. The van der Waals surface area contributed by atoms with Gasteiger partial charge in [-0.2, -0.15) is 0 Å². The molecule has 0 saturated heterocycles. The van der Waals surface area contributed by atoms with Crippen molar-refractivity contribution < 1.29 is 19.1 Å². The summed E-state index contributed by atoms with van der Waals surface area (Å²) in [6.45, 7) is 6.90. The predicted octanol–water partition coefficient (Wildman–Crippen LogP) is 8.71. The van der Waals surface area contributed by atoms with Crippen LogP contribution in [0.15, 0.2) is 159 Å².